The molecule has 1 rings (SSSR count). The highest BCUT2D eigenvalue weighted by molar-refractivity contribution is 5.78. The number of ether oxygens (including phenoxy) is 1. The fraction of sp³-hybridized carbons (Fsp3) is 0.867. The van der Waals surface area contributed by atoms with Gasteiger partial charge in [-0.1, -0.05) is 0 Å². The van der Waals surface area contributed by atoms with Crippen LogP contribution < -0.4 is 5.32 Å². The molecule has 0 aromatic carbocycles. The summed E-state index contributed by atoms with van der Waals surface area (Å²) in [6, 6.07) is -0.160. The summed E-state index contributed by atoms with van der Waals surface area (Å²) in [4.78, 5) is 27.9. The Kier molecular flexibility index (Phi) is 6.45. The second kappa shape index (κ2) is 7.64. The number of carbonyl (C=O) groups excluding carboxylic acids is 2. The Bertz CT molecular complexity index is 360. The number of amides is 2. The van der Waals surface area contributed by atoms with E-state index in [0.717, 1.165) is 26.2 Å². The number of hydrogen-bond acceptors (Lipinski definition) is 4. The van der Waals surface area contributed by atoms with Gasteiger partial charge in [-0.25, -0.2) is 4.79 Å². The van der Waals surface area contributed by atoms with E-state index in [-0.39, 0.29) is 18.0 Å². The average Bonchev–Trinajstić information content (AvgIpc) is 2.38. The molecule has 6 heteroatoms. The van der Waals surface area contributed by atoms with Gasteiger partial charge in [-0.3, -0.25) is 4.79 Å². The highest BCUT2D eigenvalue weighted by atomic mass is 16.6. The number of rotatable bonds is 4. The maximum absolute atomic E-state index is 12.3. The van der Waals surface area contributed by atoms with Crippen LogP contribution in [0.15, 0.2) is 0 Å². The van der Waals surface area contributed by atoms with Gasteiger partial charge >= 0.3 is 6.09 Å². The van der Waals surface area contributed by atoms with Crippen molar-refractivity contribution in [3.63, 3.8) is 0 Å². The average molecular weight is 299 g/mol. The van der Waals surface area contributed by atoms with E-state index in [4.69, 9.17) is 4.74 Å². The zero-order valence-electron chi connectivity index (χ0n) is 13.9. The normalized spacial score (nSPS) is 17.3. The lowest BCUT2D eigenvalue weighted by molar-refractivity contribution is -0.132. The molecular formula is C15H29N3O3. The second-order valence-corrected chi connectivity index (χ2v) is 6.45. The van der Waals surface area contributed by atoms with Crippen molar-refractivity contribution < 1.29 is 14.3 Å². The lowest BCUT2D eigenvalue weighted by Crippen LogP contribution is -2.49. The van der Waals surface area contributed by atoms with E-state index in [9.17, 15) is 9.59 Å². The smallest absolute Gasteiger partial charge is 0.410 e. The molecule has 1 heterocycles. The molecule has 0 aliphatic carbocycles. The number of carbonyl (C=O) groups is 2. The Labute approximate surface area is 127 Å². The molecular weight excluding hydrogens is 270 g/mol. The van der Waals surface area contributed by atoms with Crippen molar-refractivity contribution in [1.82, 2.24) is 15.1 Å². The number of piperazine rings is 1. The zero-order valence-corrected chi connectivity index (χ0v) is 13.9. The van der Waals surface area contributed by atoms with E-state index in [2.05, 4.69) is 5.32 Å². The summed E-state index contributed by atoms with van der Waals surface area (Å²) in [7, 11) is 0. The summed E-state index contributed by atoms with van der Waals surface area (Å²) in [6.07, 6.45) is -0.0156. The Balaban J connectivity index is 2.55. The van der Waals surface area contributed by atoms with Gasteiger partial charge in [0, 0.05) is 45.2 Å². The molecule has 0 radical (unpaired) electrons. The molecule has 0 spiro atoms. The third kappa shape index (κ3) is 5.91. The number of hydrogen-bond donors (Lipinski definition) is 1. The van der Waals surface area contributed by atoms with E-state index >= 15 is 0 Å². The van der Waals surface area contributed by atoms with Crippen LogP contribution in [0.25, 0.3) is 0 Å². The summed E-state index contributed by atoms with van der Waals surface area (Å²) in [5.74, 6) is 0.103. The van der Waals surface area contributed by atoms with Crippen molar-refractivity contribution in [1.29, 1.82) is 0 Å². The monoisotopic (exact) mass is 299 g/mol. The molecule has 0 aromatic heterocycles. The van der Waals surface area contributed by atoms with Crippen molar-refractivity contribution >= 4 is 12.0 Å². The molecule has 0 aromatic rings. The fourth-order valence-corrected chi connectivity index (χ4v) is 2.35. The van der Waals surface area contributed by atoms with Gasteiger partial charge in [0.15, 0.2) is 0 Å². The van der Waals surface area contributed by atoms with Crippen molar-refractivity contribution in [2.75, 3.05) is 32.7 Å². The van der Waals surface area contributed by atoms with Gasteiger partial charge in [-0.2, -0.15) is 0 Å². The van der Waals surface area contributed by atoms with Crippen LogP contribution in [0.2, 0.25) is 0 Å². The van der Waals surface area contributed by atoms with Gasteiger partial charge in [0.25, 0.3) is 0 Å². The van der Waals surface area contributed by atoms with Gasteiger partial charge in [-0.05, 0) is 34.6 Å². The van der Waals surface area contributed by atoms with Crippen LogP contribution in [-0.2, 0) is 9.53 Å². The molecule has 2 amide bonds. The number of nitrogens with one attached hydrogen (secondary N) is 1. The van der Waals surface area contributed by atoms with Gasteiger partial charge in [-0.15, -0.1) is 0 Å². The number of nitrogens with zero attached hydrogens (tertiary/aromatic N) is 2. The second-order valence-electron chi connectivity index (χ2n) is 6.45. The van der Waals surface area contributed by atoms with Crippen LogP contribution >= 0.6 is 0 Å². The summed E-state index contributed by atoms with van der Waals surface area (Å²) in [6.45, 7) is 13.0. The highest BCUT2D eigenvalue weighted by Crippen LogP contribution is 2.14. The first kappa shape index (κ1) is 17.8. The minimum absolute atomic E-state index is 0.103. The minimum atomic E-state index is -0.521. The van der Waals surface area contributed by atoms with Crippen LogP contribution in [0.4, 0.5) is 4.79 Å². The summed E-state index contributed by atoms with van der Waals surface area (Å²) >= 11 is 0. The Hall–Kier alpha value is -1.30. The highest BCUT2D eigenvalue weighted by Gasteiger charge is 2.27. The lowest BCUT2D eigenvalue weighted by Gasteiger charge is -2.33. The van der Waals surface area contributed by atoms with E-state index < -0.39 is 5.60 Å². The van der Waals surface area contributed by atoms with E-state index in [1.165, 1.54) is 0 Å². The first-order valence-corrected chi connectivity index (χ1v) is 7.72. The third-order valence-electron chi connectivity index (χ3n) is 3.44. The van der Waals surface area contributed by atoms with Crippen LogP contribution in [0.3, 0.4) is 0 Å². The summed E-state index contributed by atoms with van der Waals surface area (Å²) in [5.41, 5.74) is -0.521. The SMILES string of the molecule is CCN(C(=O)OC(C)(C)C)[C@H](C)CC(=O)N1CCNCC1. The molecule has 0 bridgehead atoms. The molecule has 122 valence electrons. The molecule has 1 saturated heterocycles. The molecule has 1 aliphatic heterocycles. The molecule has 0 unspecified atom stereocenters. The maximum Gasteiger partial charge on any atom is 0.410 e. The predicted molar refractivity (Wildman–Crippen MR) is 82.1 cm³/mol. The molecule has 1 fully saturated rings. The molecule has 6 nitrogen and oxygen atoms in total. The van der Waals surface area contributed by atoms with E-state index in [0.29, 0.717) is 13.0 Å². The Morgan fingerprint density at radius 3 is 2.33 bits per heavy atom. The van der Waals surface area contributed by atoms with Gasteiger partial charge in [0.2, 0.25) is 5.91 Å². The summed E-state index contributed by atoms with van der Waals surface area (Å²) in [5, 5.41) is 3.22. The maximum atomic E-state index is 12.3. The largest absolute Gasteiger partial charge is 0.444 e. The topological polar surface area (TPSA) is 61.9 Å². The predicted octanol–water partition coefficient (Wildman–Crippen LogP) is 1.45. The van der Waals surface area contributed by atoms with Crippen LogP contribution in [0.1, 0.15) is 41.0 Å². The molecule has 1 aliphatic rings. The van der Waals surface area contributed by atoms with Gasteiger partial charge in [0.05, 0.1) is 0 Å². The van der Waals surface area contributed by atoms with Crippen molar-refractivity contribution in [3.8, 4) is 0 Å². The minimum Gasteiger partial charge on any atom is -0.444 e. The fourth-order valence-electron chi connectivity index (χ4n) is 2.35. The van der Waals surface area contributed by atoms with Gasteiger partial charge < -0.3 is 19.9 Å². The quantitative estimate of drug-likeness (QED) is 0.853. The molecule has 21 heavy (non-hydrogen) atoms. The van der Waals surface area contributed by atoms with Crippen molar-refractivity contribution in [2.24, 2.45) is 0 Å². The Morgan fingerprint density at radius 2 is 1.86 bits per heavy atom. The molecule has 1 atom stereocenters. The van der Waals surface area contributed by atoms with E-state index in [1.54, 1.807) is 4.90 Å². The van der Waals surface area contributed by atoms with Crippen LogP contribution in [-0.4, -0.2) is 66.2 Å². The van der Waals surface area contributed by atoms with Crippen molar-refractivity contribution in [3.05, 3.63) is 0 Å². The zero-order chi connectivity index (χ0) is 16.0. The third-order valence-corrected chi connectivity index (χ3v) is 3.44. The van der Waals surface area contributed by atoms with E-state index in [1.807, 2.05) is 39.5 Å². The molecule has 0 saturated carbocycles. The summed E-state index contributed by atoms with van der Waals surface area (Å²) < 4.78 is 5.39. The molecule has 1 N–H and O–H groups in total. The lowest BCUT2D eigenvalue weighted by atomic mass is 10.1. The first-order chi connectivity index (χ1) is 9.74. The Morgan fingerprint density at radius 1 is 1.29 bits per heavy atom. The first-order valence-electron chi connectivity index (χ1n) is 7.72. The van der Waals surface area contributed by atoms with Crippen molar-refractivity contribution in [2.45, 2.75) is 52.7 Å². The van der Waals surface area contributed by atoms with Crippen LogP contribution in [0, 0.1) is 0 Å². The standard InChI is InChI=1S/C15H29N3O3/c1-6-18(14(20)21-15(3,4)5)12(2)11-13(19)17-9-7-16-8-10-17/h12,16H,6-11H2,1-5H3/t12-/m1/s1. The van der Waals surface area contributed by atoms with Crippen LogP contribution in [0.5, 0.6) is 0 Å². The van der Waals surface area contributed by atoms with Gasteiger partial charge in [0.1, 0.15) is 5.60 Å².